The number of hydrogen-bond acceptors (Lipinski definition) is 4. The van der Waals surface area contributed by atoms with Crippen molar-refractivity contribution in [3.8, 4) is 5.75 Å². The van der Waals surface area contributed by atoms with E-state index in [0.717, 1.165) is 16.0 Å². The molecule has 0 unspecified atom stereocenters. The minimum Gasteiger partial charge on any atom is -0.492 e. The summed E-state index contributed by atoms with van der Waals surface area (Å²) in [7, 11) is 0. The van der Waals surface area contributed by atoms with Gasteiger partial charge in [-0.05, 0) is 42.3 Å². The summed E-state index contributed by atoms with van der Waals surface area (Å²) in [6, 6.07) is 12.3. The van der Waals surface area contributed by atoms with Gasteiger partial charge < -0.3 is 4.74 Å². The number of carbonyl (C=O) groups is 1. The van der Waals surface area contributed by atoms with Crippen molar-refractivity contribution in [2.75, 3.05) is 12.0 Å². The Labute approximate surface area is 148 Å². The van der Waals surface area contributed by atoms with Crippen LogP contribution in [0.2, 0.25) is 5.02 Å². The number of fused-ring (bicyclic) bond motifs is 2. The van der Waals surface area contributed by atoms with Crippen molar-refractivity contribution in [3.05, 3.63) is 69.7 Å². The van der Waals surface area contributed by atoms with E-state index in [0.29, 0.717) is 22.3 Å². The lowest BCUT2D eigenvalue weighted by atomic mass is 9.96. The lowest BCUT2D eigenvalue weighted by molar-refractivity contribution is -0.122. The fourth-order valence-corrected chi connectivity index (χ4v) is 3.09. The van der Waals surface area contributed by atoms with Crippen LogP contribution in [0.15, 0.2) is 53.6 Å². The van der Waals surface area contributed by atoms with E-state index < -0.39 is 5.92 Å². The molecule has 4 rings (SSSR count). The van der Waals surface area contributed by atoms with Crippen LogP contribution in [-0.2, 0) is 11.2 Å². The number of amides is 1. The normalized spacial score (nSPS) is 16.1. The average molecular weight is 356 g/mol. The molecule has 0 saturated carbocycles. The number of hydrogen-bond donors (Lipinski definition) is 1. The highest BCUT2D eigenvalue weighted by molar-refractivity contribution is 6.30. The van der Waals surface area contributed by atoms with Gasteiger partial charge in [-0.3, -0.25) is 15.0 Å². The summed E-state index contributed by atoms with van der Waals surface area (Å²) >= 11 is 6.00. The minimum atomic E-state index is -0.413. The molecule has 3 aromatic rings. The van der Waals surface area contributed by atoms with Gasteiger partial charge in [0.05, 0.1) is 16.8 Å². The number of nitrogens with zero attached hydrogens (tertiary/aromatic N) is 2. The zero-order valence-corrected chi connectivity index (χ0v) is 13.9. The summed E-state index contributed by atoms with van der Waals surface area (Å²) in [5, 5.41) is 1.04. The molecule has 0 radical (unpaired) electrons. The number of aromatic nitrogens is 2. The van der Waals surface area contributed by atoms with Gasteiger partial charge in [-0.1, -0.05) is 23.7 Å². The van der Waals surface area contributed by atoms with Crippen molar-refractivity contribution < 1.29 is 9.53 Å². The fourth-order valence-electron chi connectivity index (χ4n) is 2.89. The van der Waals surface area contributed by atoms with Gasteiger partial charge in [0.2, 0.25) is 5.91 Å². The summed E-state index contributed by atoms with van der Waals surface area (Å²) in [6.07, 6.45) is 1.81. The van der Waals surface area contributed by atoms with Crippen LogP contribution in [-0.4, -0.2) is 22.2 Å². The second-order valence-electron chi connectivity index (χ2n) is 5.88. The molecule has 2 heterocycles. The third kappa shape index (κ3) is 2.96. The second-order valence-corrected chi connectivity index (χ2v) is 6.31. The molecule has 1 amide bonds. The van der Waals surface area contributed by atoms with E-state index in [9.17, 15) is 9.59 Å². The van der Waals surface area contributed by atoms with Gasteiger partial charge in [-0.15, -0.1) is 0 Å². The maximum atomic E-state index is 12.5. The Bertz CT molecular complexity index is 1030. The molecule has 126 valence electrons. The molecule has 25 heavy (non-hydrogen) atoms. The molecule has 6 nitrogen and oxygen atoms in total. The third-order valence-electron chi connectivity index (χ3n) is 4.20. The Morgan fingerprint density at radius 3 is 3.00 bits per heavy atom. The van der Waals surface area contributed by atoms with Crippen molar-refractivity contribution in [3.63, 3.8) is 0 Å². The van der Waals surface area contributed by atoms with Gasteiger partial charge >= 0.3 is 0 Å². The first-order valence-corrected chi connectivity index (χ1v) is 8.18. The van der Waals surface area contributed by atoms with Crippen molar-refractivity contribution in [2.45, 2.75) is 6.42 Å². The van der Waals surface area contributed by atoms with E-state index >= 15 is 0 Å². The van der Waals surface area contributed by atoms with E-state index in [2.05, 4.69) is 10.4 Å². The number of para-hydroxylation sites is 1. The van der Waals surface area contributed by atoms with Crippen molar-refractivity contribution in [1.82, 2.24) is 9.66 Å². The first kappa shape index (κ1) is 15.7. The number of rotatable bonds is 2. The van der Waals surface area contributed by atoms with Crippen LogP contribution in [0.25, 0.3) is 10.9 Å². The molecular weight excluding hydrogens is 342 g/mol. The maximum Gasteiger partial charge on any atom is 0.280 e. The van der Waals surface area contributed by atoms with Crippen LogP contribution in [0.4, 0.5) is 0 Å². The summed E-state index contributed by atoms with van der Waals surface area (Å²) < 4.78 is 6.74. The Morgan fingerprint density at radius 1 is 1.28 bits per heavy atom. The van der Waals surface area contributed by atoms with Gasteiger partial charge in [0.25, 0.3) is 5.56 Å². The van der Waals surface area contributed by atoms with Crippen LogP contribution in [0, 0.1) is 5.92 Å². The lowest BCUT2D eigenvalue weighted by Crippen LogP contribution is -2.40. The van der Waals surface area contributed by atoms with E-state index in [1.807, 2.05) is 0 Å². The minimum absolute atomic E-state index is 0.246. The van der Waals surface area contributed by atoms with E-state index in [4.69, 9.17) is 16.3 Å². The number of halogens is 1. The Hall–Kier alpha value is -2.86. The maximum absolute atomic E-state index is 12.5. The van der Waals surface area contributed by atoms with Crippen LogP contribution in [0.5, 0.6) is 5.75 Å². The molecule has 0 saturated heterocycles. The van der Waals surface area contributed by atoms with Crippen molar-refractivity contribution in [2.24, 2.45) is 5.92 Å². The summed E-state index contributed by atoms with van der Waals surface area (Å²) in [6.45, 7) is 0.246. The third-order valence-corrected chi connectivity index (χ3v) is 4.43. The number of ether oxygens (including phenoxy) is 1. The molecule has 2 aromatic carbocycles. The van der Waals surface area contributed by atoms with Crippen LogP contribution in [0.1, 0.15) is 5.56 Å². The fraction of sp³-hybridized carbons (Fsp3) is 0.167. The largest absolute Gasteiger partial charge is 0.492 e. The molecule has 1 atom stereocenters. The van der Waals surface area contributed by atoms with E-state index in [1.54, 1.807) is 42.5 Å². The molecule has 0 aliphatic carbocycles. The van der Waals surface area contributed by atoms with Gasteiger partial charge in [0.1, 0.15) is 18.7 Å². The number of carbonyl (C=O) groups excluding carboxylic acids is 1. The molecule has 1 aromatic heterocycles. The molecule has 7 heteroatoms. The van der Waals surface area contributed by atoms with E-state index in [1.165, 1.54) is 6.33 Å². The number of nitrogens with one attached hydrogen (secondary N) is 1. The highest BCUT2D eigenvalue weighted by Gasteiger charge is 2.26. The van der Waals surface area contributed by atoms with Crippen molar-refractivity contribution >= 4 is 28.4 Å². The highest BCUT2D eigenvalue weighted by atomic mass is 35.5. The van der Waals surface area contributed by atoms with Gasteiger partial charge in [0.15, 0.2) is 0 Å². The smallest absolute Gasteiger partial charge is 0.280 e. The van der Waals surface area contributed by atoms with Crippen LogP contribution >= 0.6 is 11.6 Å². The summed E-state index contributed by atoms with van der Waals surface area (Å²) in [5.74, 6) is 0.0205. The second kappa shape index (κ2) is 6.22. The molecule has 0 bridgehead atoms. The molecular formula is C18H14ClN3O3. The molecule has 1 aliphatic rings. The standard InChI is InChI=1S/C18H14ClN3O3/c19-13-5-6-16-11(8-13)7-12(9-25-16)17(23)21-22-10-20-15-4-2-1-3-14(15)18(22)24/h1-6,8,10,12H,7,9H2,(H,21,23)/t12-/m1/s1. The Morgan fingerprint density at radius 2 is 2.12 bits per heavy atom. The average Bonchev–Trinajstić information content (AvgIpc) is 2.63. The van der Waals surface area contributed by atoms with Crippen LogP contribution in [0.3, 0.4) is 0 Å². The van der Waals surface area contributed by atoms with Gasteiger partial charge in [-0.2, -0.15) is 0 Å². The lowest BCUT2D eigenvalue weighted by Gasteiger charge is -2.24. The number of benzene rings is 2. The molecule has 0 fully saturated rings. The van der Waals surface area contributed by atoms with Crippen LogP contribution < -0.4 is 15.7 Å². The molecule has 1 aliphatic heterocycles. The zero-order valence-electron chi connectivity index (χ0n) is 13.1. The van der Waals surface area contributed by atoms with Gasteiger partial charge in [-0.25, -0.2) is 9.66 Å². The predicted octanol–water partition coefficient (Wildman–Crippen LogP) is 2.37. The first-order valence-electron chi connectivity index (χ1n) is 7.80. The van der Waals surface area contributed by atoms with Crippen molar-refractivity contribution in [1.29, 1.82) is 0 Å². The zero-order chi connectivity index (χ0) is 17.4. The Balaban J connectivity index is 1.57. The summed E-state index contributed by atoms with van der Waals surface area (Å²) in [5.41, 5.74) is 3.75. The monoisotopic (exact) mass is 355 g/mol. The first-order chi connectivity index (χ1) is 12.1. The topological polar surface area (TPSA) is 73.2 Å². The predicted molar refractivity (Wildman–Crippen MR) is 94.5 cm³/mol. The molecule has 1 N–H and O–H groups in total. The Kier molecular flexibility index (Phi) is 3.89. The van der Waals surface area contributed by atoms with Gasteiger partial charge in [0, 0.05) is 5.02 Å². The highest BCUT2D eigenvalue weighted by Crippen LogP contribution is 2.29. The van der Waals surface area contributed by atoms with E-state index in [-0.39, 0.29) is 18.1 Å². The molecule has 0 spiro atoms. The quantitative estimate of drug-likeness (QED) is 0.766. The summed E-state index contributed by atoms with van der Waals surface area (Å²) in [4.78, 5) is 29.2. The SMILES string of the molecule is O=C(Nn1cnc2ccccc2c1=O)[C@H]1COc2ccc(Cl)cc2C1.